The molecule has 2 bridgehead atoms. The molecule has 5 atom stereocenters. The van der Waals surface area contributed by atoms with E-state index in [-0.39, 0.29) is 11.6 Å². The van der Waals surface area contributed by atoms with Crippen LogP contribution in [0.3, 0.4) is 0 Å². The van der Waals surface area contributed by atoms with Crippen LogP contribution in [0.1, 0.15) is 19.3 Å². The van der Waals surface area contributed by atoms with Gasteiger partial charge in [0.1, 0.15) is 0 Å². The van der Waals surface area contributed by atoms with Gasteiger partial charge in [0.15, 0.2) is 0 Å². The number of methoxy groups -OCH3 is 1. The number of hydrogen-bond acceptors (Lipinski definition) is 3. The van der Waals surface area contributed by atoms with Gasteiger partial charge in [-0.05, 0) is 24.7 Å². The van der Waals surface area contributed by atoms with Crippen molar-refractivity contribution >= 4 is 5.97 Å². The maximum Gasteiger partial charge on any atom is 0.309 e. The van der Waals surface area contributed by atoms with E-state index in [0.717, 1.165) is 18.4 Å². The zero-order valence-electron chi connectivity index (χ0n) is 9.44. The van der Waals surface area contributed by atoms with Crippen LogP contribution in [0.2, 0.25) is 0 Å². The molecule has 0 aromatic heterocycles. The smallest absolute Gasteiger partial charge is 0.309 e. The summed E-state index contributed by atoms with van der Waals surface area (Å²) in [6.07, 6.45) is 5.33. The Morgan fingerprint density at radius 3 is 3.31 bits per heavy atom. The van der Waals surface area contributed by atoms with Gasteiger partial charge >= 0.3 is 5.97 Å². The highest BCUT2D eigenvalue weighted by Gasteiger charge is 2.79. The molecule has 1 heterocycles. The number of carbonyl (C=O) groups excluding carboxylic acids is 1. The van der Waals surface area contributed by atoms with Crippen LogP contribution in [0.5, 0.6) is 0 Å². The zero-order valence-corrected chi connectivity index (χ0v) is 9.44. The Morgan fingerprint density at radius 1 is 1.69 bits per heavy atom. The first-order chi connectivity index (χ1) is 7.77. The van der Waals surface area contributed by atoms with Gasteiger partial charge in [-0.15, -0.1) is 0 Å². The standard InChI is InChI=1S/C13H16O3/c1-15-11(14)6-8-5-9-7-2-3-16-13(9)10(4-7)12(8)13/h5,7,9-10,12H,2-4,6H2,1H3. The molecule has 16 heavy (non-hydrogen) atoms. The van der Waals surface area contributed by atoms with Crippen molar-refractivity contribution in [3.8, 4) is 0 Å². The van der Waals surface area contributed by atoms with Crippen molar-refractivity contribution in [2.45, 2.75) is 24.9 Å². The Labute approximate surface area is 94.8 Å². The fourth-order valence-electron chi connectivity index (χ4n) is 4.61. The predicted octanol–water partition coefficient (Wildman–Crippen LogP) is 1.53. The highest BCUT2D eigenvalue weighted by atomic mass is 16.5. The molecule has 0 amide bonds. The summed E-state index contributed by atoms with van der Waals surface area (Å²) in [5, 5.41) is 0. The van der Waals surface area contributed by atoms with Crippen LogP contribution < -0.4 is 0 Å². The van der Waals surface area contributed by atoms with Crippen molar-refractivity contribution in [2.75, 3.05) is 13.7 Å². The summed E-state index contributed by atoms with van der Waals surface area (Å²) in [6, 6.07) is 0. The molecule has 0 aromatic carbocycles. The first-order valence-electron chi connectivity index (χ1n) is 6.18. The van der Waals surface area contributed by atoms with Crippen molar-refractivity contribution in [2.24, 2.45) is 23.7 Å². The lowest BCUT2D eigenvalue weighted by atomic mass is 9.87. The highest BCUT2D eigenvalue weighted by molar-refractivity contribution is 5.73. The molecule has 3 fully saturated rings. The molecule has 3 heteroatoms. The SMILES string of the molecule is COC(=O)CC1=CC2C3CCOC24C(C3)C14. The van der Waals surface area contributed by atoms with E-state index in [1.807, 2.05) is 0 Å². The summed E-state index contributed by atoms with van der Waals surface area (Å²) < 4.78 is 10.8. The minimum atomic E-state index is -0.107. The summed E-state index contributed by atoms with van der Waals surface area (Å²) >= 11 is 0. The quantitative estimate of drug-likeness (QED) is 0.523. The lowest BCUT2D eigenvalue weighted by molar-refractivity contribution is -0.139. The normalized spacial score (nSPS) is 50.9. The maximum absolute atomic E-state index is 11.4. The molecular weight excluding hydrogens is 204 g/mol. The first kappa shape index (κ1) is 9.23. The molecule has 3 aliphatic carbocycles. The number of rotatable bonds is 2. The average molecular weight is 220 g/mol. The fraction of sp³-hybridized carbons (Fsp3) is 0.769. The highest BCUT2D eigenvalue weighted by Crippen LogP contribution is 2.76. The first-order valence-corrected chi connectivity index (χ1v) is 6.18. The number of esters is 1. The molecule has 1 saturated heterocycles. The van der Waals surface area contributed by atoms with Crippen LogP contribution >= 0.6 is 0 Å². The van der Waals surface area contributed by atoms with E-state index in [9.17, 15) is 4.79 Å². The fourth-order valence-corrected chi connectivity index (χ4v) is 4.61. The third-order valence-corrected chi connectivity index (χ3v) is 5.15. The van der Waals surface area contributed by atoms with Crippen LogP contribution in [-0.2, 0) is 14.3 Å². The van der Waals surface area contributed by atoms with Gasteiger partial charge in [-0.1, -0.05) is 11.6 Å². The molecule has 0 aromatic rings. The van der Waals surface area contributed by atoms with Crippen molar-refractivity contribution in [3.63, 3.8) is 0 Å². The van der Waals surface area contributed by atoms with Crippen LogP contribution in [-0.4, -0.2) is 25.3 Å². The van der Waals surface area contributed by atoms with E-state index in [4.69, 9.17) is 9.47 Å². The summed E-state index contributed by atoms with van der Waals surface area (Å²) in [7, 11) is 1.46. The van der Waals surface area contributed by atoms with Gasteiger partial charge in [-0.3, -0.25) is 4.79 Å². The van der Waals surface area contributed by atoms with Crippen molar-refractivity contribution < 1.29 is 14.3 Å². The minimum absolute atomic E-state index is 0.107. The van der Waals surface area contributed by atoms with E-state index < -0.39 is 0 Å². The van der Waals surface area contributed by atoms with Gasteiger partial charge in [0, 0.05) is 18.4 Å². The Balaban J connectivity index is 1.63. The van der Waals surface area contributed by atoms with Gasteiger partial charge in [-0.2, -0.15) is 0 Å². The van der Waals surface area contributed by atoms with Gasteiger partial charge in [0.25, 0.3) is 0 Å². The van der Waals surface area contributed by atoms with Gasteiger partial charge in [-0.25, -0.2) is 0 Å². The van der Waals surface area contributed by atoms with E-state index in [0.29, 0.717) is 18.3 Å². The van der Waals surface area contributed by atoms with Crippen LogP contribution in [0.25, 0.3) is 0 Å². The molecular formula is C13H16O3. The Kier molecular flexibility index (Phi) is 1.56. The molecule has 2 saturated carbocycles. The minimum Gasteiger partial charge on any atom is -0.469 e. The van der Waals surface area contributed by atoms with Gasteiger partial charge in [0.05, 0.1) is 19.1 Å². The number of hydrogen-bond donors (Lipinski definition) is 0. The van der Waals surface area contributed by atoms with E-state index >= 15 is 0 Å². The Morgan fingerprint density at radius 2 is 2.56 bits per heavy atom. The topological polar surface area (TPSA) is 35.5 Å². The number of carbonyl (C=O) groups is 1. The molecule has 4 aliphatic rings. The molecule has 3 nitrogen and oxygen atoms in total. The summed E-state index contributed by atoms with van der Waals surface area (Å²) in [5.74, 6) is 2.59. The van der Waals surface area contributed by atoms with Crippen molar-refractivity contribution in [1.29, 1.82) is 0 Å². The molecule has 5 unspecified atom stereocenters. The van der Waals surface area contributed by atoms with Crippen molar-refractivity contribution in [1.82, 2.24) is 0 Å². The zero-order chi connectivity index (χ0) is 10.9. The van der Waals surface area contributed by atoms with E-state index in [2.05, 4.69) is 6.08 Å². The Bertz CT molecular complexity index is 400. The molecule has 1 aliphatic heterocycles. The maximum atomic E-state index is 11.4. The third kappa shape index (κ3) is 0.841. The van der Waals surface area contributed by atoms with E-state index in [1.165, 1.54) is 25.5 Å². The molecule has 0 N–H and O–H groups in total. The second-order valence-corrected chi connectivity index (χ2v) is 5.59. The second kappa shape index (κ2) is 2.70. The monoisotopic (exact) mass is 220 g/mol. The van der Waals surface area contributed by atoms with Crippen LogP contribution in [0.4, 0.5) is 0 Å². The average Bonchev–Trinajstić information content (AvgIpc) is 2.76. The lowest BCUT2D eigenvalue weighted by Crippen LogP contribution is -2.32. The van der Waals surface area contributed by atoms with Crippen LogP contribution in [0.15, 0.2) is 11.6 Å². The molecule has 86 valence electrons. The third-order valence-electron chi connectivity index (χ3n) is 5.15. The number of ether oxygens (including phenoxy) is 2. The molecule has 1 spiro atoms. The van der Waals surface area contributed by atoms with Crippen LogP contribution in [0, 0.1) is 23.7 Å². The second-order valence-electron chi connectivity index (χ2n) is 5.59. The molecule has 4 rings (SSSR count). The summed E-state index contributed by atoms with van der Waals surface area (Å²) in [4.78, 5) is 11.4. The van der Waals surface area contributed by atoms with E-state index in [1.54, 1.807) is 0 Å². The number of fused-ring (bicyclic) bond motifs is 1. The molecule has 0 radical (unpaired) electrons. The predicted molar refractivity (Wildman–Crippen MR) is 56.6 cm³/mol. The summed E-state index contributed by atoms with van der Waals surface area (Å²) in [6.45, 7) is 0.924. The Hall–Kier alpha value is -0.830. The van der Waals surface area contributed by atoms with Gasteiger partial charge in [0.2, 0.25) is 0 Å². The van der Waals surface area contributed by atoms with Crippen molar-refractivity contribution in [3.05, 3.63) is 11.6 Å². The lowest BCUT2D eigenvalue weighted by Gasteiger charge is -2.30. The largest absolute Gasteiger partial charge is 0.469 e. The summed E-state index contributed by atoms with van der Waals surface area (Å²) in [5.41, 5.74) is 1.44. The van der Waals surface area contributed by atoms with Gasteiger partial charge < -0.3 is 9.47 Å².